The molecule has 0 fully saturated rings. The number of nitrogens with zero attached hydrogens (tertiary/aromatic N) is 3. The van der Waals surface area contributed by atoms with Crippen LogP contribution in [0.2, 0.25) is 0 Å². The fourth-order valence-electron chi connectivity index (χ4n) is 1.26. The summed E-state index contributed by atoms with van der Waals surface area (Å²) in [6.45, 7) is 3.74. The quantitative estimate of drug-likeness (QED) is 0.762. The van der Waals surface area contributed by atoms with Crippen molar-refractivity contribution >= 4 is 22.0 Å². The summed E-state index contributed by atoms with van der Waals surface area (Å²) < 4.78 is 28.6. The van der Waals surface area contributed by atoms with Crippen molar-refractivity contribution in [3.05, 3.63) is 12.3 Å². The maximum absolute atomic E-state index is 11.9. The Kier molecular flexibility index (Phi) is 4.90. The number of carbonyl (C=O) groups is 1. The molecule has 0 saturated carbocycles. The molecule has 19 heavy (non-hydrogen) atoms. The lowest BCUT2D eigenvalue weighted by Gasteiger charge is -2.16. The van der Waals surface area contributed by atoms with Crippen molar-refractivity contribution in [2.75, 3.05) is 18.3 Å². The van der Waals surface area contributed by atoms with Gasteiger partial charge in [-0.3, -0.25) is 14.2 Å². The summed E-state index contributed by atoms with van der Waals surface area (Å²) in [5, 5.41) is 12.6. The van der Waals surface area contributed by atoms with Gasteiger partial charge < -0.3 is 5.11 Å². The van der Waals surface area contributed by atoms with Gasteiger partial charge in [0.2, 0.25) is 0 Å². The van der Waals surface area contributed by atoms with Crippen LogP contribution in [0.25, 0.3) is 0 Å². The van der Waals surface area contributed by atoms with Crippen molar-refractivity contribution in [3.63, 3.8) is 0 Å². The molecule has 0 aliphatic rings. The van der Waals surface area contributed by atoms with Gasteiger partial charge in [-0.1, -0.05) is 0 Å². The van der Waals surface area contributed by atoms with Gasteiger partial charge in [0.05, 0.1) is 6.42 Å². The Bertz CT molecular complexity index is 537. The van der Waals surface area contributed by atoms with E-state index in [1.807, 2.05) is 13.8 Å². The zero-order chi connectivity index (χ0) is 14.6. The molecule has 8 nitrogen and oxygen atoms in total. The maximum Gasteiger partial charge on any atom is 0.304 e. The van der Waals surface area contributed by atoms with Crippen molar-refractivity contribution in [2.24, 2.45) is 0 Å². The van der Waals surface area contributed by atoms with Gasteiger partial charge in [-0.25, -0.2) is 0 Å². The Labute approximate surface area is 112 Å². The first kappa shape index (κ1) is 15.4. The fraction of sp³-hybridized carbons (Fsp3) is 0.600. The SMILES string of the molecule is CC(C)n1ccc(NS(=O)(=O)N(C)CCC(=O)O)n1. The Morgan fingerprint density at radius 1 is 1.58 bits per heavy atom. The monoisotopic (exact) mass is 290 g/mol. The van der Waals surface area contributed by atoms with Crippen LogP contribution in [0.4, 0.5) is 5.82 Å². The van der Waals surface area contributed by atoms with Crippen LogP contribution in [0.5, 0.6) is 0 Å². The number of carboxylic acid groups (broad SMARTS) is 1. The first-order valence-corrected chi connectivity index (χ1v) is 7.17. The van der Waals surface area contributed by atoms with Crippen LogP contribution in [0.15, 0.2) is 12.3 Å². The zero-order valence-corrected chi connectivity index (χ0v) is 11.9. The highest BCUT2D eigenvalue weighted by Gasteiger charge is 2.19. The van der Waals surface area contributed by atoms with E-state index >= 15 is 0 Å². The molecule has 0 aliphatic carbocycles. The number of rotatable bonds is 7. The average Bonchev–Trinajstić information content (AvgIpc) is 2.73. The van der Waals surface area contributed by atoms with E-state index in [1.165, 1.54) is 7.05 Å². The Hall–Kier alpha value is -1.61. The number of hydrogen-bond acceptors (Lipinski definition) is 4. The third-order valence-electron chi connectivity index (χ3n) is 2.42. The fourth-order valence-corrected chi connectivity index (χ4v) is 2.12. The van der Waals surface area contributed by atoms with E-state index in [4.69, 9.17) is 5.11 Å². The predicted octanol–water partition coefficient (Wildman–Crippen LogP) is 0.527. The van der Waals surface area contributed by atoms with Gasteiger partial charge in [-0.2, -0.15) is 17.8 Å². The third kappa shape index (κ3) is 4.52. The van der Waals surface area contributed by atoms with Gasteiger partial charge >= 0.3 is 16.2 Å². The van der Waals surface area contributed by atoms with Gasteiger partial charge in [-0.15, -0.1) is 0 Å². The van der Waals surface area contributed by atoms with Crippen LogP contribution in [0.1, 0.15) is 26.3 Å². The smallest absolute Gasteiger partial charge is 0.304 e. The largest absolute Gasteiger partial charge is 0.481 e. The highest BCUT2D eigenvalue weighted by molar-refractivity contribution is 7.90. The van der Waals surface area contributed by atoms with Crippen LogP contribution >= 0.6 is 0 Å². The van der Waals surface area contributed by atoms with E-state index < -0.39 is 16.2 Å². The molecular formula is C10H18N4O4S. The second kappa shape index (κ2) is 6.02. The highest BCUT2D eigenvalue weighted by Crippen LogP contribution is 2.11. The van der Waals surface area contributed by atoms with Gasteiger partial charge in [0.1, 0.15) is 0 Å². The number of aromatic nitrogens is 2. The molecule has 9 heteroatoms. The summed E-state index contributed by atoms with van der Waals surface area (Å²) in [6, 6.07) is 1.67. The van der Waals surface area contributed by atoms with Crippen molar-refractivity contribution in [1.29, 1.82) is 0 Å². The second-order valence-corrected chi connectivity index (χ2v) is 6.12. The molecule has 0 atom stereocenters. The molecule has 0 amide bonds. The molecule has 1 aromatic rings. The molecule has 0 bridgehead atoms. The molecule has 2 N–H and O–H groups in total. The van der Waals surface area contributed by atoms with Crippen molar-refractivity contribution < 1.29 is 18.3 Å². The molecule has 0 saturated heterocycles. The number of anilines is 1. The first-order valence-electron chi connectivity index (χ1n) is 5.73. The van der Waals surface area contributed by atoms with E-state index in [-0.39, 0.29) is 24.8 Å². The highest BCUT2D eigenvalue weighted by atomic mass is 32.2. The van der Waals surface area contributed by atoms with Crippen molar-refractivity contribution in [1.82, 2.24) is 14.1 Å². The third-order valence-corrected chi connectivity index (χ3v) is 3.89. The first-order chi connectivity index (χ1) is 8.72. The summed E-state index contributed by atoms with van der Waals surface area (Å²) in [5.74, 6) is -0.845. The molecule has 1 rings (SSSR count). The lowest BCUT2D eigenvalue weighted by Crippen LogP contribution is -2.34. The summed E-state index contributed by atoms with van der Waals surface area (Å²) in [5.41, 5.74) is 0. The predicted molar refractivity (Wildman–Crippen MR) is 70.0 cm³/mol. The number of hydrogen-bond donors (Lipinski definition) is 2. The van der Waals surface area contributed by atoms with Gasteiger partial charge in [-0.05, 0) is 13.8 Å². The molecule has 1 heterocycles. The molecule has 1 aromatic heterocycles. The summed E-state index contributed by atoms with van der Waals surface area (Å²) in [6.07, 6.45) is 1.41. The summed E-state index contributed by atoms with van der Waals surface area (Å²) >= 11 is 0. The molecule has 0 aliphatic heterocycles. The van der Waals surface area contributed by atoms with Crippen molar-refractivity contribution in [2.45, 2.75) is 26.3 Å². The molecule has 0 radical (unpaired) electrons. The van der Waals surface area contributed by atoms with E-state index in [0.29, 0.717) is 0 Å². The molecule has 0 aromatic carbocycles. The molecule has 108 valence electrons. The van der Waals surface area contributed by atoms with Crippen LogP contribution in [-0.2, 0) is 15.0 Å². The molecular weight excluding hydrogens is 272 g/mol. The molecule has 0 unspecified atom stereocenters. The zero-order valence-electron chi connectivity index (χ0n) is 11.1. The lowest BCUT2D eigenvalue weighted by atomic mass is 10.4. The van der Waals surface area contributed by atoms with E-state index in [0.717, 1.165) is 4.31 Å². The van der Waals surface area contributed by atoms with Gasteiger partial charge in [0.25, 0.3) is 0 Å². The van der Waals surface area contributed by atoms with Crippen LogP contribution in [0, 0.1) is 0 Å². The topological polar surface area (TPSA) is 105 Å². The summed E-state index contributed by atoms with van der Waals surface area (Å²) in [4.78, 5) is 10.4. The van der Waals surface area contributed by atoms with Crippen molar-refractivity contribution in [3.8, 4) is 0 Å². The Morgan fingerprint density at radius 2 is 2.21 bits per heavy atom. The van der Waals surface area contributed by atoms with Crippen LogP contribution < -0.4 is 4.72 Å². The standard InChI is InChI=1S/C10H18N4O4S/c1-8(2)14-7-4-9(11-14)12-19(17,18)13(3)6-5-10(15)16/h4,7-8H,5-6H2,1-3H3,(H,11,12)(H,15,16). The van der Waals surface area contributed by atoms with E-state index in [1.54, 1.807) is 16.9 Å². The lowest BCUT2D eigenvalue weighted by molar-refractivity contribution is -0.137. The minimum atomic E-state index is -3.78. The minimum absolute atomic E-state index is 0.102. The van der Waals surface area contributed by atoms with Crippen LogP contribution in [0.3, 0.4) is 0 Å². The normalized spacial score (nSPS) is 12.1. The number of nitrogens with one attached hydrogen (secondary N) is 1. The van der Waals surface area contributed by atoms with Crippen LogP contribution in [-0.4, -0.2) is 47.2 Å². The second-order valence-electron chi connectivity index (χ2n) is 4.35. The van der Waals surface area contributed by atoms with Gasteiger partial charge in [0, 0.05) is 31.9 Å². The molecule has 0 spiro atoms. The summed E-state index contributed by atoms with van der Waals surface area (Å²) in [7, 11) is -2.47. The average molecular weight is 290 g/mol. The Balaban J connectivity index is 2.70. The minimum Gasteiger partial charge on any atom is -0.481 e. The number of aliphatic carboxylic acids is 1. The van der Waals surface area contributed by atoms with E-state index in [2.05, 4.69) is 9.82 Å². The maximum atomic E-state index is 11.9. The van der Waals surface area contributed by atoms with Gasteiger partial charge in [0.15, 0.2) is 5.82 Å². The number of carboxylic acids is 1. The van der Waals surface area contributed by atoms with E-state index in [9.17, 15) is 13.2 Å². The Morgan fingerprint density at radius 3 is 2.68 bits per heavy atom.